The maximum absolute atomic E-state index is 12.6. The molecule has 2 atom stereocenters. The number of aryl methyl sites for hydroxylation is 1. The maximum atomic E-state index is 12.6. The summed E-state index contributed by atoms with van der Waals surface area (Å²) in [4.78, 5) is 11.3. The number of nitrogens with zero attached hydrogens (tertiary/aromatic N) is 1. The minimum absolute atomic E-state index is 0.0270. The molecule has 1 saturated heterocycles. The molecular formula is C13H16BrNO4S. The van der Waals surface area contributed by atoms with Gasteiger partial charge in [-0.2, -0.15) is 4.31 Å². The van der Waals surface area contributed by atoms with E-state index in [1.807, 2.05) is 13.0 Å². The van der Waals surface area contributed by atoms with E-state index in [2.05, 4.69) is 15.9 Å². The lowest BCUT2D eigenvalue weighted by molar-refractivity contribution is -0.142. The van der Waals surface area contributed by atoms with Gasteiger partial charge in [0.2, 0.25) is 10.0 Å². The van der Waals surface area contributed by atoms with Gasteiger partial charge in [0.05, 0.1) is 10.8 Å². The summed E-state index contributed by atoms with van der Waals surface area (Å²) in [6, 6.07) is 5.10. The van der Waals surface area contributed by atoms with Gasteiger partial charge >= 0.3 is 5.97 Å². The van der Waals surface area contributed by atoms with Crippen LogP contribution in [0.25, 0.3) is 0 Å². The van der Waals surface area contributed by atoms with Crippen molar-refractivity contribution in [1.82, 2.24) is 4.31 Å². The summed E-state index contributed by atoms with van der Waals surface area (Å²) in [5, 5.41) is 9.11. The minimum Gasteiger partial charge on any atom is -0.481 e. The van der Waals surface area contributed by atoms with E-state index in [1.54, 1.807) is 19.1 Å². The monoisotopic (exact) mass is 361 g/mol. The Morgan fingerprint density at radius 2 is 2.05 bits per heavy atom. The zero-order valence-corrected chi connectivity index (χ0v) is 13.6. The fraction of sp³-hybridized carbons (Fsp3) is 0.462. The van der Waals surface area contributed by atoms with Crippen molar-refractivity contribution in [3.8, 4) is 0 Å². The first-order chi connectivity index (χ1) is 9.23. The van der Waals surface area contributed by atoms with Gasteiger partial charge in [-0.3, -0.25) is 4.79 Å². The van der Waals surface area contributed by atoms with Crippen LogP contribution in [0.15, 0.2) is 27.6 Å². The topological polar surface area (TPSA) is 74.7 Å². The zero-order chi connectivity index (χ0) is 15.1. The Hall–Kier alpha value is -0.920. The van der Waals surface area contributed by atoms with E-state index in [0.29, 0.717) is 4.47 Å². The summed E-state index contributed by atoms with van der Waals surface area (Å²) >= 11 is 3.25. The fourth-order valence-corrected chi connectivity index (χ4v) is 4.96. The first kappa shape index (κ1) is 15.5. The molecule has 0 radical (unpaired) electrons. The summed E-state index contributed by atoms with van der Waals surface area (Å²) in [7, 11) is -3.67. The largest absolute Gasteiger partial charge is 0.481 e. The number of hydrogen-bond acceptors (Lipinski definition) is 3. The Morgan fingerprint density at radius 1 is 1.40 bits per heavy atom. The fourth-order valence-electron chi connectivity index (χ4n) is 2.39. The molecule has 2 rings (SSSR count). The predicted molar refractivity (Wildman–Crippen MR) is 77.9 cm³/mol. The third-order valence-electron chi connectivity index (χ3n) is 3.60. The van der Waals surface area contributed by atoms with Gasteiger partial charge in [-0.05, 0) is 46.5 Å². The van der Waals surface area contributed by atoms with Crippen molar-refractivity contribution in [2.75, 3.05) is 13.1 Å². The first-order valence-corrected chi connectivity index (χ1v) is 8.46. The van der Waals surface area contributed by atoms with Crippen molar-refractivity contribution in [2.45, 2.75) is 18.7 Å². The maximum Gasteiger partial charge on any atom is 0.308 e. The second kappa shape index (κ2) is 5.46. The third-order valence-corrected chi connectivity index (χ3v) is 6.43. The molecule has 1 heterocycles. The zero-order valence-electron chi connectivity index (χ0n) is 11.2. The molecule has 20 heavy (non-hydrogen) atoms. The molecule has 0 aliphatic carbocycles. The van der Waals surface area contributed by atoms with Crippen LogP contribution in [0.1, 0.15) is 12.5 Å². The highest BCUT2D eigenvalue weighted by Gasteiger charge is 2.41. The molecule has 0 aromatic heterocycles. The van der Waals surface area contributed by atoms with Crippen molar-refractivity contribution in [3.63, 3.8) is 0 Å². The molecule has 0 spiro atoms. The van der Waals surface area contributed by atoms with Crippen LogP contribution in [0, 0.1) is 18.8 Å². The first-order valence-electron chi connectivity index (χ1n) is 6.22. The Kier molecular flexibility index (Phi) is 4.22. The summed E-state index contributed by atoms with van der Waals surface area (Å²) in [6.07, 6.45) is 0. The van der Waals surface area contributed by atoms with Gasteiger partial charge in [0, 0.05) is 17.6 Å². The SMILES string of the molecule is Cc1ccc(Br)c(S(=O)(=O)N2C[C@@H](C)[C@H](C(=O)O)C2)c1. The molecule has 1 aliphatic rings. The summed E-state index contributed by atoms with van der Waals surface area (Å²) in [5.74, 6) is -1.78. The number of hydrogen-bond donors (Lipinski definition) is 1. The van der Waals surface area contributed by atoms with E-state index in [-0.39, 0.29) is 23.9 Å². The number of carboxylic acids is 1. The number of aliphatic carboxylic acids is 1. The van der Waals surface area contributed by atoms with E-state index in [9.17, 15) is 13.2 Å². The standard InChI is InChI=1S/C13H16BrNO4S/c1-8-3-4-11(14)12(5-8)20(18,19)15-6-9(2)10(7-15)13(16)17/h3-5,9-10H,6-7H2,1-2H3,(H,16,17)/t9-,10-/m1/s1. The van der Waals surface area contributed by atoms with Crippen molar-refractivity contribution >= 4 is 31.9 Å². The molecule has 1 aromatic carbocycles. The van der Waals surface area contributed by atoms with Gasteiger partial charge in [0.1, 0.15) is 0 Å². The highest BCUT2D eigenvalue weighted by Crippen LogP contribution is 2.32. The molecule has 1 aliphatic heterocycles. The molecule has 0 saturated carbocycles. The number of sulfonamides is 1. The second-order valence-electron chi connectivity index (χ2n) is 5.18. The van der Waals surface area contributed by atoms with E-state index in [0.717, 1.165) is 5.56 Å². The molecular weight excluding hydrogens is 346 g/mol. The second-order valence-corrected chi connectivity index (χ2v) is 7.94. The van der Waals surface area contributed by atoms with Gasteiger partial charge in [-0.1, -0.05) is 13.0 Å². The van der Waals surface area contributed by atoms with Crippen LogP contribution in [0.4, 0.5) is 0 Å². The quantitative estimate of drug-likeness (QED) is 0.894. The normalized spacial score (nSPS) is 23.9. The van der Waals surface area contributed by atoms with E-state index >= 15 is 0 Å². The Bertz CT molecular complexity index is 644. The highest BCUT2D eigenvalue weighted by molar-refractivity contribution is 9.10. The summed E-state index contributed by atoms with van der Waals surface area (Å²) in [5.41, 5.74) is 0.841. The Labute approximate surface area is 126 Å². The van der Waals surface area contributed by atoms with Gasteiger partial charge in [0.15, 0.2) is 0 Å². The lowest BCUT2D eigenvalue weighted by Crippen LogP contribution is -2.30. The van der Waals surface area contributed by atoms with Gasteiger partial charge in [-0.15, -0.1) is 0 Å². The van der Waals surface area contributed by atoms with Crippen LogP contribution in [-0.4, -0.2) is 36.9 Å². The number of benzene rings is 1. The van der Waals surface area contributed by atoms with Crippen molar-refractivity contribution in [1.29, 1.82) is 0 Å². The van der Waals surface area contributed by atoms with Gasteiger partial charge in [-0.25, -0.2) is 8.42 Å². The molecule has 5 nitrogen and oxygen atoms in total. The average molecular weight is 362 g/mol. The van der Waals surface area contributed by atoms with Crippen LogP contribution < -0.4 is 0 Å². The highest BCUT2D eigenvalue weighted by atomic mass is 79.9. The van der Waals surface area contributed by atoms with Gasteiger partial charge in [0.25, 0.3) is 0 Å². The van der Waals surface area contributed by atoms with Crippen molar-refractivity contribution in [3.05, 3.63) is 28.2 Å². The van der Waals surface area contributed by atoms with Crippen molar-refractivity contribution in [2.24, 2.45) is 11.8 Å². The van der Waals surface area contributed by atoms with E-state index in [1.165, 1.54) is 4.31 Å². The summed E-state index contributed by atoms with van der Waals surface area (Å²) < 4.78 is 27.0. The minimum atomic E-state index is -3.67. The van der Waals surface area contributed by atoms with E-state index < -0.39 is 21.9 Å². The molecule has 1 N–H and O–H groups in total. The average Bonchev–Trinajstić information content (AvgIpc) is 2.75. The van der Waals surface area contributed by atoms with Crippen LogP contribution in [0.5, 0.6) is 0 Å². The van der Waals surface area contributed by atoms with Crippen LogP contribution in [0.2, 0.25) is 0 Å². The lowest BCUT2D eigenvalue weighted by atomic mass is 9.99. The van der Waals surface area contributed by atoms with Crippen molar-refractivity contribution < 1.29 is 18.3 Å². The molecule has 7 heteroatoms. The van der Waals surface area contributed by atoms with Gasteiger partial charge < -0.3 is 5.11 Å². The molecule has 0 bridgehead atoms. The molecule has 110 valence electrons. The van der Waals surface area contributed by atoms with Crippen LogP contribution in [-0.2, 0) is 14.8 Å². The molecule has 0 amide bonds. The predicted octanol–water partition coefficient (Wildman–Crippen LogP) is 2.10. The molecule has 1 fully saturated rings. The molecule has 1 aromatic rings. The number of halogens is 1. The Morgan fingerprint density at radius 3 is 2.60 bits per heavy atom. The summed E-state index contributed by atoms with van der Waals surface area (Å²) in [6.45, 7) is 3.84. The van der Waals surface area contributed by atoms with Crippen LogP contribution in [0.3, 0.4) is 0 Å². The third kappa shape index (κ3) is 2.75. The Balaban J connectivity index is 2.37. The molecule has 0 unspecified atom stereocenters. The van der Waals surface area contributed by atoms with E-state index in [4.69, 9.17) is 5.11 Å². The smallest absolute Gasteiger partial charge is 0.308 e. The number of carboxylic acid groups (broad SMARTS) is 1. The van der Waals surface area contributed by atoms with Crippen LogP contribution >= 0.6 is 15.9 Å². The lowest BCUT2D eigenvalue weighted by Gasteiger charge is -2.17. The number of carbonyl (C=O) groups is 1. The number of rotatable bonds is 3.